The molecule has 0 aliphatic heterocycles. The quantitative estimate of drug-likeness (QED) is 0.614. The van der Waals surface area contributed by atoms with E-state index in [4.69, 9.17) is 0 Å². The number of non-ortho nitro benzene ring substituents is 1. The summed E-state index contributed by atoms with van der Waals surface area (Å²) in [4.78, 5) is 15.0. The van der Waals surface area contributed by atoms with Crippen LogP contribution in [0.3, 0.4) is 0 Å². The van der Waals surface area contributed by atoms with Crippen LogP contribution in [0.5, 0.6) is 0 Å². The molecule has 0 radical (unpaired) electrons. The molecule has 0 amide bonds. The molecule has 0 aliphatic carbocycles. The minimum absolute atomic E-state index is 0.0618. The molecule has 19 heavy (non-hydrogen) atoms. The van der Waals surface area contributed by atoms with Gasteiger partial charge in [0.2, 0.25) is 0 Å². The Balaban J connectivity index is 2.48. The van der Waals surface area contributed by atoms with Gasteiger partial charge in [0.15, 0.2) is 0 Å². The van der Waals surface area contributed by atoms with Gasteiger partial charge in [0.1, 0.15) is 5.82 Å². The Morgan fingerprint density at radius 2 is 2.00 bits per heavy atom. The second kappa shape index (κ2) is 4.50. The average molecular weight is 259 g/mol. The number of rotatable bonds is 2. The van der Waals surface area contributed by atoms with Gasteiger partial charge in [0, 0.05) is 36.4 Å². The van der Waals surface area contributed by atoms with Crippen molar-refractivity contribution in [2.24, 2.45) is 7.05 Å². The summed E-state index contributed by atoms with van der Waals surface area (Å²) in [5.41, 5.74) is 1.55. The molecule has 1 aromatic carbocycles. The van der Waals surface area contributed by atoms with Gasteiger partial charge in [0.25, 0.3) is 5.69 Å². The van der Waals surface area contributed by atoms with Crippen molar-refractivity contribution in [1.82, 2.24) is 9.55 Å². The number of aromatic nitrogens is 2. The van der Waals surface area contributed by atoms with E-state index in [-0.39, 0.29) is 11.1 Å². The van der Waals surface area contributed by atoms with E-state index in [9.17, 15) is 10.1 Å². The van der Waals surface area contributed by atoms with E-state index in [1.165, 1.54) is 6.07 Å². The highest BCUT2D eigenvalue weighted by atomic mass is 16.6. The van der Waals surface area contributed by atoms with Gasteiger partial charge in [-0.05, 0) is 0 Å². The first-order valence-electron chi connectivity index (χ1n) is 6.08. The van der Waals surface area contributed by atoms with Gasteiger partial charge in [-0.25, -0.2) is 4.98 Å². The fraction of sp³-hybridized carbons (Fsp3) is 0.357. The third-order valence-electron chi connectivity index (χ3n) is 2.90. The molecule has 0 unspecified atom stereocenters. The summed E-state index contributed by atoms with van der Waals surface area (Å²) in [6.07, 6.45) is 1.90. The molecule has 1 heterocycles. The third kappa shape index (κ3) is 2.65. The van der Waals surface area contributed by atoms with Crippen LogP contribution in [-0.2, 0) is 12.5 Å². The Morgan fingerprint density at radius 1 is 1.32 bits per heavy atom. The highest BCUT2D eigenvalue weighted by Gasteiger charge is 2.21. The maximum Gasteiger partial charge on any atom is 0.270 e. The van der Waals surface area contributed by atoms with Gasteiger partial charge in [-0.2, -0.15) is 0 Å². The number of nitrogens with zero attached hydrogens (tertiary/aromatic N) is 3. The molecule has 0 bridgehead atoms. The third-order valence-corrected chi connectivity index (χ3v) is 2.90. The molecule has 100 valence electrons. The maximum atomic E-state index is 10.8. The molecule has 0 fully saturated rings. The molecule has 0 N–H and O–H groups in total. The summed E-state index contributed by atoms with van der Waals surface area (Å²) in [7, 11) is 1.94. The Bertz CT molecular complexity index is 624. The normalized spacial score (nSPS) is 11.6. The number of hydrogen-bond donors (Lipinski definition) is 0. The lowest BCUT2D eigenvalue weighted by Gasteiger charge is -2.17. The van der Waals surface area contributed by atoms with Gasteiger partial charge in [0.05, 0.1) is 10.6 Å². The van der Waals surface area contributed by atoms with Gasteiger partial charge >= 0.3 is 0 Å². The van der Waals surface area contributed by atoms with Crippen molar-refractivity contribution in [2.45, 2.75) is 26.2 Å². The van der Waals surface area contributed by atoms with Crippen molar-refractivity contribution in [3.63, 3.8) is 0 Å². The first-order valence-corrected chi connectivity index (χ1v) is 6.08. The molecular weight excluding hydrogens is 242 g/mol. The number of benzene rings is 1. The van der Waals surface area contributed by atoms with Crippen LogP contribution in [0.2, 0.25) is 0 Å². The predicted octanol–water partition coefficient (Wildman–Crippen LogP) is 3.29. The van der Waals surface area contributed by atoms with Gasteiger partial charge < -0.3 is 4.57 Å². The maximum absolute atomic E-state index is 10.8. The molecule has 0 aliphatic rings. The molecule has 0 atom stereocenters. The summed E-state index contributed by atoms with van der Waals surface area (Å²) in [5.74, 6) is 0.953. The predicted molar refractivity (Wildman–Crippen MR) is 74.0 cm³/mol. The Morgan fingerprint density at radius 3 is 2.53 bits per heavy atom. The van der Waals surface area contributed by atoms with Gasteiger partial charge in [-0.1, -0.05) is 32.9 Å². The lowest BCUT2D eigenvalue weighted by molar-refractivity contribution is -0.384. The molecule has 0 saturated carbocycles. The summed E-state index contributed by atoms with van der Waals surface area (Å²) >= 11 is 0. The van der Waals surface area contributed by atoms with Crippen LogP contribution >= 0.6 is 0 Å². The zero-order valence-corrected chi connectivity index (χ0v) is 11.5. The number of hydrogen-bond acceptors (Lipinski definition) is 3. The van der Waals surface area contributed by atoms with E-state index in [0.717, 1.165) is 17.1 Å². The molecule has 5 nitrogen and oxygen atoms in total. The van der Waals surface area contributed by atoms with Crippen LogP contribution < -0.4 is 0 Å². The van der Waals surface area contributed by atoms with Crippen molar-refractivity contribution in [2.75, 3.05) is 0 Å². The molecule has 5 heteroatoms. The summed E-state index contributed by atoms with van der Waals surface area (Å²) in [5, 5.41) is 10.8. The van der Waals surface area contributed by atoms with Crippen molar-refractivity contribution in [1.29, 1.82) is 0 Å². The topological polar surface area (TPSA) is 61.0 Å². The highest BCUT2D eigenvalue weighted by molar-refractivity contribution is 5.62. The Hall–Kier alpha value is -2.17. The number of imidazole rings is 1. The lowest BCUT2D eigenvalue weighted by Crippen LogP contribution is -2.17. The first kappa shape index (κ1) is 13.3. The standard InChI is InChI=1S/C14H17N3O2/c1-14(2,3)13-15-12(9-16(13)4)10-6-5-7-11(8-10)17(18)19/h5-9H,1-4H3. The van der Waals surface area contributed by atoms with E-state index in [0.29, 0.717) is 0 Å². The zero-order valence-electron chi connectivity index (χ0n) is 11.5. The van der Waals surface area contributed by atoms with Crippen LogP contribution in [0.1, 0.15) is 26.6 Å². The van der Waals surface area contributed by atoms with Crippen LogP contribution in [-0.4, -0.2) is 14.5 Å². The molecule has 2 aromatic rings. The average Bonchev–Trinajstić information content (AvgIpc) is 2.71. The monoisotopic (exact) mass is 259 g/mol. The van der Waals surface area contributed by atoms with Crippen LogP contribution in [0.4, 0.5) is 5.69 Å². The molecule has 0 spiro atoms. The van der Waals surface area contributed by atoms with E-state index in [1.54, 1.807) is 12.1 Å². The van der Waals surface area contributed by atoms with Crippen molar-refractivity contribution >= 4 is 5.69 Å². The van der Waals surface area contributed by atoms with Gasteiger partial charge in [-0.15, -0.1) is 0 Å². The molecule has 2 rings (SSSR count). The van der Waals surface area contributed by atoms with Crippen LogP contribution in [0, 0.1) is 10.1 Å². The van der Waals surface area contributed by atoms with E-state index < -0.39 is 4.92 Å². The summed E-state index contributed by atoms with van der Waals surface area (Å²) in [6.45, 7) is 6.27. The fourth-order valence-corrected chi connectivity index (χ4v) is 2.08. The lowest BCUT2D eigenvalue weighted by atomic mass is 9.96. The molecule has 1 aromatic heterocycles. The first-order chi connectivity index (χ1) is 8.79. The zero-order chi connectivity index (χ0) is 14.2. The molecular formula is C14H17N3O2. The largest absolute Gasteiger partial charge is 0.337 e. The van der Waals surface area contributed by atoms with Crippen molar-refractivity contribution in [3.8, 4) is 11.3 Å². The van der Waals surface area contributed by atoms with Crippen LogP contribution in [0.15, 0.2) is 30.5 Å². The van der Waals surface area contributed by atoms with E-state index in [2.05, 4.69) is 25.8 Å². The van der Waals surface area contributed by atoms with Crippen molar-refractivity contribution in [3.05, 3.63) is 46.4 Å². The minimum atomic E-state index is -0.392. The fourth-order valence-electron chi connectivity index (χ4n) is 2.08. The SMILES string of the molecule is Cn1cc(-c2cccc([N+](=O)[O-])c2)nc1C(C)(C)C. The van der Waals surface area contributed by atoms with Crippen LogP contribution in [0.25, 0.3) is 11.3 Å². The van der Waals surface area contributed by atoms with Crippen molar-refractivity contribution < 1.29 is 4.92 Å². The molecule has 0 saturated heterocycles. The number of aryl methyl sites for hydroxylation is 1. The second-order valence-electron chi connectivity index (χ2n) is 5.62. The second-order valence-corrected chi connectivity index (χ2v) is 5.62. The Kier molecular flexibility index (Phi) is 3.14. The number of nitro groups is 1. The summed E-state index contributed by atoms with van der Waals surface area (Å²) < 4.78 is 1.97. The summed E-state index contributed by atoms with van der Waals surface area (Å²) in [6, 6.07) is 6.55. The smallest absolute Gasteiger partial charge is 0.270 e. The highest BCUT2D eigenvalue weighted by Crippen LogP contribution is 2.27. The van der Waals surface area contributed by atoms with Gasteiger partial charge in [-0.3, -0.25) is 10.1 Å². The van der Waals surface area contributed by atoms with E-state index in [1.807, 2.05) is 23.9 Å². The Labute approximate surface area is 112 Å². The number of nitro benzene ring substituents is 1. The minimum Gasteiger partial charge on any atom is -0.337 e. The van der Waals surface area contributed by atoms with E-state index >= 15 is 0 Å².